The van der Waals surface area contributed by atoms with Crippen LogP contribution in [0.5, 0.6) is 0 Å². The van der Waals surface area contributed by atoms with Gasteiger partial charge in [-0.15, -0.1) is 0 Å². The molecule has 1 unspecified atom stereocenters. The van der Waals surface area contributed by atoms with E-state index >= 15 is 0 Å². The van der Waals surface area contributed by atoms with Crippen molar-refractivity contribution in [3.05, 3.63) is 23.0 Å². The van der Waals surface area contributed by atoms with Crippen LogP contribution in [0.3, 0.4) is 0 Å². The molecular formula is C14H19ClN2O4S. The summed E-state index contributed by atoms with van der Waals surface area (Å²) >= 11 is 5.84. The molecule has 22 heavy (non-hydrogen) atoms. The van der Waals surface area contributed by atoms with Gasteiger partial charge in [-0.1, -0.05) is 11.6 Å². The molecule has 2 rings (SSSR count). The van der Waals surface area contributed by atoms with Crippen molar-refractivity contribution in [2.45, 2.75) is 44.0 Å². The van der Waals surface area contributed by atoms with Crippen molar-refractivity contribution in [1.82, 2.24) is 9.29 Å². The van der Waals surface area contributed by atoms with E-state index in [-0.39, 0.29) is 16.7 Å². The number of pyridine rings is 1. The molecule has 1 fully saturated rings. The van der Waals surface area contributed by atoms with Crippen LogP contribution in [0.15, 0.2) is 17.2 Å². The van der Waals surface area contributed by atoms with Gasteiger partial charge in [0.25, 0.3) is 0 Å². The van der Waals surface area contributed by atoms with Crippen LogP contribution in [0.1, 0.15) is 31.7 Å². The largest absolute Gasteiger partial charge is 0.465 e. The highest BCUT2D eigenvalue weighted by Crippen LogP contribution is 2.27. The van der Waals surface area contributed by atoms with Crippen molar-refractivity contribution in [1.29, 1.82) is 0 Å². The van der Waals surface area contributed by atoms with E-state index in [9.17, 15) is 13.2 Å². The van der Waals surface area contributed by atoms with Gasteiger partial charge in [-0.05, 0) is 44.7 Å². The van der Waals surface area contributed by atoms with Gasteiger partial charge in [0.05, 0.1) is 6.61 Å². The molecule has 0 aromatic carbocycles. The summed E-state index contributed by atoms with van der Waals surface area (Å²) in [7, 11) is -3.80. The maximum Gasteiger partial charge on any atom is 0.324 e. The molecule has 1 aliphatic heterocycles. The molecule has 1 aliphatic rings. The molecule has 1 aromatic rings. The molecule has 2 heterocycles. The monoisotopic (exact) mass is 346 g/mol. The Kier molecular flexibility index (Phi) is 5.41. The summed E-state index contributed by atoms with van der Waals surface area (Å²) in [5.41, 5.74) is 0.576. The third-order valence-corrected chi connectivity index (χ3v) is 5.88. The molecule has 0 amide bonds. The van der Waals surface area contributed by atoms with Crippen LogP contribution in [0.2, 0.25) is 5.15 Å². The predicted molar refractivity (Wildman–Crippen MR) is 82.1 cm³/mol. The number of halogens is 1. The van der Waals surface area contributed by atoms with Gasteiger partial charge in [-0.25, -0.2) is 13.4 Å². The zero-order valence-electron chi connectivity index (χ0n) is 12.6. The van der Waals surface area contributed by atoms with Crippen LogP contribution < -0.4 is 0 Å². The average molecular weight is 347 g/mol. The second kappa shape index (κ2) is 6.93. The highest BCUT2D eigenvalue weighted by Gasteiger charge is 2.38. The number of hydrogen-bond acceptors (Lipinski definition) is 5. The molecule has 0 radical (unpaired) electrons. The lowest BCUT2D eigenvalue weighted by Gasteiger charge is -2.32. The first-order chi connectivity index (χ1) is 10.4. The van der Waals surface area contributed by atoms with Crippen LogP contribution in [-0.4, -0.2) is 42.9 Å². The molecular weight excluding hydrogens is 328 g/mol. The average Bonchev–Trinajstić information content (AvgIpc) is 2.50. The minimum absolute atomic E-state index is 0.0469. The van der Waals surface area contributed by atoms with Crippen LogP contribution in [0.4, 0.5) is 0 Å². The molecule has 0 aliphatic carbocycles. The van der Waals surface area contributed by atoms with E-state index in [1.165, 1.54) is 16.6 Å². The molecule has 0 spiro atoms. The number of esters is 1. The van der Waals surface area contributed by atoms with E-state index in [4.69, 9.17) is 16.3 Å². The standard InChI is InChI=1S/C14H19ClN2O4S/c1-3-21-14(18)12-6-4-5-7-17(12)22(19,20)11-8-10(2)13(15)16-9-11/h8-9,12H,3-7H2,1-2H3. The number of sulfonamides is 1. The van der Waals surface area contributed by atoms with Crippen LogP contribution >= 0.6 is 11.6 Å². The van der Waals surface area contributed by atoms with E-state index in [2.05, 4.69) is 4.98 Å². The van der Waals surface area contributed by atoms with Gasteiger partial charge in [0.15, 0.2) is 0 Å². The fraction of sp³-hybridized carbons (Fsp3) is 0.571. The van der Waals surface area contributed by atoms with E-state index in [1.54, 1.807) is 13.8 Å². The van der Waals surface area contributed by atoms with Crippen LogP contribution in [0, 0.1) is 6.92 Å². The minimum atomic E-state index is -3.80. The van der Waals surface area contributed by atoms with Gasteiger partial charge in [0.2, 0.25) is 10.0 Å². The third-order valence-electron chi connectivity index (χ3n) is 3.61. The molecule has 1 saturated heterocycles. The van der Waals surface area contributed by atoms with E-state index in [1.807, 2.05) is 0 Å². The van der Waals surface area contributed by atoms with Crippen LogP contribution in [-0.2, 0) is 19.6 Å². The Hall–Kier alpha value is -1.18. The molecule has 0 bridgehead atoms. The summed E-state index contributed by atoms with van der Waals surface area (Å²) in [5.74, 6) is -0.496. The van der Waals surface area contributed by atoms with Gasteiger partial charge < -0.3 is 4.74 Å². The van der Waals surface area contributed by atoms with Gasteiger partial charge in [0.1, 0.15) is 16.1 Å². The Bertz CT molecular complexity index is 663. The van der Waals surface area contributed by atoms with Crippen molar-refractivity contribution in [2.24, 2.45) is 0 Å². The number of aromatic nitrogens is 1. The van der Waals surface area contributed by atoms with Gasteiger partial charge in [-0.2, -0.15) is 4.31 Å². The van der Waals surface area contributed by atoms with Crippen molar-refractivity contribution in [2.75, 3.05) is 13.2 Å². The fourth-order valence-corrected chi connectivity index (χ4v) is 4.26. The lowest BCUT2D eigenvalue weighted by molar-refractivity contribution is -0.148. The molecule has 0 N–H and O–H groups in total. The molecule has 0 saturated carbocycles. The maximum absolute atomic E-state index is 12.8. The van der Waals surface area contributed by atoms with Gasteiger partial charge in [0, 0.05) is 12.7 Å². The Morgan fingerprint density at radius 3 is 2.86 bits per heavy atom. The molecule has 6 nitrogen and oxygen atoms in total. The zero-order chi connectivity index (χ0) is 16.3. The number of aryl methyl sites for hydroxylation is 1. The zero-order valence-corrected chi connectivity index (χ0v) is 14.2. The summed E-state index contributed by atoms with van der Waals surface area (Å²) in [6.45, 7) is 3.91. The second-order valence-electron chi connectivity index (χ2n) is 5.16. The Morgan fingerprint density at radius 1 is 1.50 bits per heavy atom. The lowest BCUT2D eigenvalue weighted by Crippen LogP contribution is -2.48. The quantitative estimate of drug-likeness (QED) is 0.616. The first kappa shape index (κ1) is 17.2. The first-order valence-electron chi connectivity index (χ1n) is 7.18. The van der Waals surface area contributed by atoms with Crippen molar-refractivity contribution < 1.29 is 17.9 Å². The summed E-state index contributed by atoms with van der Waals surface area (Å²) in [5, 5.41) is 0.263. The third kappa shape index (κ3) is 3.42. The Balaban J connectivity index is 2.36. The summed E-state index contributed by atoms with van der Waals surface area (Å²) in [6.07, 6.45) is 3.21. The van der Waals surface area contributed by atoms with E-state index < -0.39 is 22.0 Å². The number of rotatable bonds is 4. The van der Waals surface area contributed by atoms with Crippen molar-refractivity contribution in [3.63, 3.8) is 0 Å². The number of piperidine rings is 1. The maximum atomic E-state index is 12.8. The molecule has 8 heteroatoms. The van der Waals surface area contributed by atoms with E-state index in [0.29, 0.717) is 18.5 Å². The summed E-state index contributed by atoms with van der Waals surface area (Å²) in [4.78, 5) is 16.0. The first-order valence-corrected chi connectivity index (χ1v) is 9.00. The van der Waals surface area contributed by atoms with Gasteiger partial charge >= 0.3 is 5.97 Å². The predicted octanol–water partition coefficient (Wildman–Crippen LogP) is 2.15. The Labute approximate surface area is 135 Å². The molecule has 1 atom stereocenters. The minimum Gasteiger partial charge on any atom is -0.465 e. The molecule has 122 valence electrons. The number of hydrogen-bond donors (Lipinski definition) is 0. The topological polar surface area (TPSA) is 76.6 Å². The normalized spacial score (nSPS) is 19.9. The SMILES string of the molecule is CCOC(=O)C1CCCCN1S(=O)(=O)c1cnc(Cl)c(C)c1. The van der Waals surface area contributed by atoms with Crippen molar-refractivity contribution in [3.8, 4) is 0 Å². The lowest BCUT2D eigenvalue weighted by atomic mass is 10.1. The summed E-state index contributed by atoms with van der Waals surface area (Å²) < 4.78 is 31.8. The second-order valence-corrected chi connectivity index (χ2v) is 7.41. The number of nitrogens with zero attached hydrogens (tertiary/aromatic N) is 2. The van der Waals surface area contributed by atoms with Crippen molar-refractivity contribution >= 4 is 27.6 Å². The number of carbonyl (C=O) groups excluding carboxylic acids is 1. The summed E-state index contributed by atoms with van der Waals surface area (Å²) in [6, 6.07) is 0.705. The highest BCUT2D eigenvalue weighted by atomic mass is 35.5. The van der Waals surface area contributed by atoms with E-state index in [0.717, 1.165) is 12.8 Å². The van der Waals surface area contributed by atoms with Crippen LogP contribution in [0.25, 0.3) is 0 Å². The molecule has 1 aromatic heterocycles. The number of carbonyl (C=O) groups is 1. The van der Waals surface area contributed by atoms with Gasteiger partial charge in [-0.3, -0.25) is 4.79 Å². The Morgan fingerprint density at radius 2 is 2.23 bits per heavy atom. The number of ether oxygens (including phenoxy) is 1. The fourth-order valence-electron chi connectivity index (χ4n) is 2.48. The smallest absolute Gasteiger partial charge is 0.324 e. The highest BCUT2D eigenvalue weighted by molar-refractivity contribution is 7.89.